The van der Waals surface area contributed by atoms with Crippen LogP contribution in [0.25, 0.3) is 10.6 Å². The van der Waals surface area contributed by atoms with Crippen LogP contribution in [0, 0.1) is 12.7 Å². The third kappa shape index (κ3) is 4.03. The number of nitrogens with zero attached hydrogens (tertiary/aromatic N) is 1. The normalized spacial score (nSPS) is 10.5. The maximum absolute atomic E-state index is 14.2. The monoisotopic (exact) mass is 356 g/mol. The van der Waals surface area contributed by atoms with Gasteiger partial charge in [0.2, 0.25) is 0 Å². The van der Waals surface area contributed by atoms with Crippen LogP contribution < -0.4 is 10.1 Å². The number of hydrogen-bond acceptors (Lipinski definition) is 4. The average molecular weight is 356 g/mol. The molecule has 0 bridgehead atoms. The predicted octanol–water partition coefficient (Wildman–Crippen LogP) is 4.91. The van der Waals surface area contributed by atoms with E-state index < -0.39 is 5.82 Å². The first-order valence-electron chi connectivity index (χ1n) is 7.83. The van der Waals surface area contributed by atoms with Gasteiger partial charge in [0.15, 0.2) is 0 Å². The Morgan fingerprint density at radius 3 is 2.84 bits per heavy atom. The van der Waals surface area contributed by atoms with E-state index in [2.05, 4.69) is 10.3 Å². The highest BCUT2D eigenvalue weighted by molar-refractivity contribution is 7.13. The Bertz CT molecular complexity index is 908. The molecule has 0 saturated carbocycles. The first-order valence-corrected chi connectivity index (χ1v) is 8.71. The van der Waals surface area contributed by atoms with Crippen molar-refractivity contribution in [3.05, 3.63) is 64.9 Å². The van der Waals surface area contributed by atoms with Gasteiger partial charge in [-0.25, -0.2) is 9.37 Å². The average Bonchev–Trinajstić information content (AvgIpc) is 3.05. The third-order valence-corrected chi connectivity index (χ3v) is 4.37. The van der Waals surface area contributed by atoms with Gasteiger partial charge in [0.1, 0.15) is 22.3 Å². The van der Waals surface area contributed by atoms with Gasteiger partial charge in [-0.3, -0.25) is 4.79 Å². The minimum Gasteiger partial charge on any atom is -0.494 e. The molecule has 0 spiro atoms. The molecule has 0 atom stereocenters. The summed E-state index contributed by atoms with van der Waals surface area (Å²) in [6, 6.07) is 12.1. The van der Waals surface area contributed by atoms with E-state index in [0.717, 1.165) is 5.56 Å². The SMILES string of the molecule is CCOc1ccc(-c2nc(C(=O)Nc3cccc(C)c3)cs2)c(F)c1. The molecule has 0 aliphatic rings. The Morgan fingerprint density at radius 2 is 2.12 bits per heavy atom. The zero-order valence-electron chi connectivity index (χ0n) is 13.9. The Balaban J connectivity index is 1.79. The van der Waals surface area contributed by atoms with Crippen LogP contribution in [0.1, 0.15) is 23.0 Å². The van der Waals surface area contributed by atoms with Crippen LogP contribution in [0.3, 0.4) is 0 Å². The molecular weight excluding hydrogens is 339 g/mol. The summed E-state index contributed by atoms with van der Waals surface area (Å²) in [6.07, 6.45) is 0. The number of carbonyl (C=O) groups is 1. The molecule has 0 radical (unpaired) electrons. The highest BCUT2D eigenvalue weighted by Crippen LogP contribution is 2.29. The summed E-state index contributed by atoms with van der Waals surface area (Å²) in [4.78, 5) is 16.6. The third-order valence-electron chi connectivity index (χ3n) is 3.49. The lowest BCUT2D eigenvalue weighted by Crippen LogP contribution is -2.12. The number of aromatic nitrogens is 1. The molecule has 0 aliphatic carbocycles. The number of thiazole rings is 1. The van der Waals surface area contributed by atoms with E-state index in [9.17, 15) is 9.18 Å². The van der Waals surface area contributed by atoms with Crippen LogP contribution in [-0.4, -0.2) is 17.5 Å². The van der Waals surface area contributed by atoms with Gasteiger partial charge in [0, 0.05) is 22.7 Å². The van der Waals surface area contributed by atoms with Crippen LogP contribution in [0.2, 0.25) is 0 Å². The van der Waals surface area contributed by atoms with Crippen molar-refractivity contribution in [1.29, 1.82) is 0 Å². The number of amides is 1. The summed E-state index contributed by atoms with van der Waals surface area (Å²) >= 11 is 1.23. The van der Waals surface area contributed by atoms with Crippen LogP contribution in [0.15, 0.2) is 47.8 Å². The van der Waals surface area contributed by atoms with Crippen molar-refractivity contribution in [3.8, 4) is 16.3 Å². The van der Waals surface area contributed by atoms with E-state index in [1.54, 1.807) is 17.5 Å². The molecule has 6 heteroatoms. The van der Waals surface area contributed by atoms with Crippen molar-refractivity contribution in [2.45, 2.75) is 13.8 Å². The molecule has 3 aromatic rings. The van der Waals surface area contributed by atoms with Gasteiger partial charge in [-0.2, -0.15) is 0 Å². The van der Waals surface area contributed by atoms with E-state index in [1.165, 1.54) is 17.4 Å². The first-order chi connectivity index (χ1) is 12.1. The second-order valence-corrected chi connectivity index (χ2v) is 6.29. The molecule has 1 heterocycles. The van der Waals surface area contributed by atoms with Gasteiger partial charge < -0.3 is 10.1 Å². The predicted molar refractivity (Wildman–Crippen MR) is 97.8 cm³/mol. The van der Waals surface area contributed by atoms with Crippen LogP contribution >= 0.6 is 11.3 Å². The highest BCUT2D eigenvalue weighted by atomic mass is 32.1. The van der Waals surface area contributed by atoms with E-state index in [0.29, 0.717) is 28.6 Å². The molecule has 0 saturated heterocycles. The molecule has 1 aromatic heterocycles. The summed E-state index contributed by atoms with van der Waals surface area (Å²) in [6.45, 7) is 4.26. The number of hydrogen-bond donors (Lipinski definition) is 1. The van der Waals surface area contributed by atoms with Crippen molar-refractivity contribution < 1.29 is 13.9 Å². The number of nitrogens with one attached hydrogen (secondary N) is 1. The fourth-order valence-corrected chi connectivity index (χ4v) is 3.17. The molecule has 1 N–H and O–H groups in total. The molecule has 3 rings (SSSR count). The first kappa shape index (κ1) is 17.1. The van der Waals surface area contributed by atoms with E-state index in [-0.39, 0.29) is 11.6 Å². The minimum absolute atomic E-state index is 0.259. The van der Waals surface area contributed by atoms with Gasteiger partial charge in [-0.05, 0) is 43.7 Å². The van der Waals surface area contributed by atoms with Crippen molar-refractivity contribution >= 4 is 22.9 Å². The molecule has 0 unspecified atom stereocenters. The lowest BCUT2D eigenvalue weighted by atomic mass is 10.2. The molecule has 128 valence electrons. The number of aryl methyl sites for hydroxylation is 1. The molecule has 25 heavy (non-hydrogen) atoms. The zero-order valence-corrected chi connectivity index (χ0v) is 14.7. The Labute approximate surface area is 149 Å². The molecule has 2 aromatic carbocycles. The van der Waals surface area contributed by atoms with Gasteiger partial charge in [0.05, 0.1) is 6.61 Å². The maximum atomic E-state index is 14.2. The minimum atomic E-state index is -0.425. The second-order valence-electron chi connectivity index (χ2n) is 5.44. The quantitative estimate of drug-likeness (QED) is 0.707. The van der Waals surface area contributed by atoms with Crippen molar-refractivity contribution in [3.63, 3.8) is 0 Å². The van der Waals surface area contributed by atoms with Crippen molar-refractivity contribution in [2.75, 3.05) is 11.9 Å². The van der Waals surface area contributed by atoms with Gasteiger partial charge >= 0.3 is 0 Å². The number of halogens is 1. The standard InChI is InChI=1S/C19H17FN2O2S/c1-3-24-14-7-8-15(16(20)10-14)19-22-17(11-25-19)18(23)21-13-6-4-5-12(2)9-13/h4-11H,3H2,1-2H3,(H,21,23). The fourth-order valence-electron chi connectivity index (χ4n) is 2.35. The largest absolute Gasteiger partial charge is 0.494 e. The lowest BCUT2D eigenvalue weighted by Gasteiger charge is -2.05. The number of carbonyl (C=O) groups excluding carboxylic acids is 1. The highest BCUT2D eigenvalue weighted by Gasteiger charge is 2.15. The fraction of sp³-hybridized carbons (Fsp3) is 0.158. The lowest BCUT2D eigenvalue weighted by molar-refractivity contribution is 0.102. The van der Waals surface area contributed by atoms with Crippen LogP contribution in [0.5, 0.6) is 5.75 Å². The number of benzene rings is 2. The van der Waals surface area contributed by atoms with Crippen molar-refractivity contribution in [1.82, 2.24) is 4.98 Å². The van der Waals surface area contributed by atoms with Crippen LogP contribution in [0.4, 0.5) is 10.1 Å². The van der Waals surface area contributed by atoms with E-state index in [4.69, 9.17) is 4.74 Å². The van der Waals surface area contributed by atoms with E-state index >= 15 is 0 Å². The molecule has 1 amide bonds. The van der Waals surface area contributed by atoms with Gasteiger partial charge in [-0.15, -0.1) is 11.3 Å². The second kappa shape index (κ2) is 7.44. The van der Waals surface area contributed by atoms with Gasteiger partial charge in [0.25, 0.3) is 5.91 Å². The summed E-state index contributed by atoms with van der Waals surface area (Å²) in [5.74, 6) is -0.275. The Kier molecular flexibility index (Phi) is 5.09. The topological polar surface area (TPSA) is 51.2 Å². The summed E-state index contributed by atoms with van der Waals surface area (Å²) < 4.78 is 19.5. The number of rotatable bonds is 5. The molecule has 0 aliphatic heterocycles. The summed E-state index contributed by atoms with van der Waals surface area (Å²) in [5.41, 5.74) is 2.36. The Hall–Kier alpha value is -2.73. The number of ether oxygens (including phenoxy) is 1. The van der Waals surface area contributed by atoms with Crippen LogP contribution in [-0.2, 0) is 0 Å². The Morgan fingerprint density at radius 1 is 1.28 bits per heavy atom. The van der Waals surface area contributed by atoms with Crippen molar-refractivity contribution in [2.24, 2.45) is 0 Å². The molecule has 4 nitrogen and oxygen atoms in total. The smallest absolute Gasteiger partial charge is 0.275 e. The zero-order chi connectivity index (χ0) is 17.8. The maximum Gasteiger partial charge on any atom is 0.275 e. The van der Waals surface area contributed by atoms with E-state index in [1.807, 2.05) is 38.1 Å². The summed E-state index contributed by atoms with van der Waals surface area (Å²) in [7, 11) is 0. The van der Waals surface area contributed by atoms with Gasteiger partial charge in [-0.1, -0.05) is 12.1 Å². The molecule has 0 fully saturated rings. The molecular formula is C19H17FN2O2S. The summed E-state index contributed by atoms with van der Waals surface area (Å²) in [5, 5.41) is 4.87. The number of anilines is 1.